The lowest BCUT2D eigenvalue weighted by atomic mass is 9.91. The third-order valence-electron chi connectivity index (χ3n) is 3.72. The van der Waals surface area contributed by atoms with Gasteiger partial charge in [0, 0.05) is 24.5 Å². The van der Waals surface area contributed by atoms with Crippen LogP contribution in [0, 0.1) is 11.3 Å². The monoisotopic (exact) mass is 268 g/mol. The Bertz CT molecular complexity index is 334. The fourth-order valence-electron chi connectivity index (χ4n) is 2.31. The number of carbonyl (C=O) groups is 2. The molecule has 110 valence electrons. The van der Waals surface area contributed by atoms with Gasteiger partial charge in [-0.1, -0.05) is 27.7 Å². The summed E-state index contributed by atoms with van der Waals surface area (Å²) in [7, 11) is 0. The number of nitrogens with zero attached hydrogens (tertiary/aromatic N) is 1. The van der Waals surface area contributed by atoms with Gasteiger partial charge < -0.3 is 10.2 Å². The van der Waals surface area contributed by atoms with Crippen molar-refractivity contribution in [3.8, 4) is 0 Å². The number of amides is 2. The number of piperidine rings is 1. The Morgan fingerprint density at radius 1 is 1.37 bits per heavy atom. The van der Waals surface area contributed by atoms with E-state index in [0.717, 1.165) is 25.8 Å². The topological polar surface area (TPSA) is 49.4 Å². The summed E-state index contributed by atoms with van der Waals surface area (Å²) in [5.41, 5.74) is -0.366. The largest absolute Gasteiger partial charge is 0.353 e. The van der Waals surface area contributed by atoms with Gasteiger partial charge in [-0.3, -0.25) is 9.59 Å². The molecule has 4 heteroatoms. The maximum Gasteiger partial charge on any atom is 0.227 e. The molecule has 0 aliphatic carbocycles. The van der Waals surface area contributed by atoms with Gasteiger partial charge in [-0.05, 0) is 26.2 Å². The van der Waals surface area contributed by atoms with Gasteiger partial charge in [0.25, 0.3) is 0 Å². The van der Waals surface area contributed by atoms with Crippen LogP contribution in [0.2, 0.25) is 0 Å². The fraction of sp³-hybridized carbons (Fsp3) is 0.867. The second kappa shape index (κ2) is 6.40. The maximum absolute atomic E-state index is 12.3. The van der Waals surface area contributed by atoms with Crippen molar-refractivity contribution < 1.29 is 9.59 Å². The van der Waals surface area contributed by atoms with Crippen molar-refractivity contribution in [1.29, 1.82) is 0 Å². The molecule has 1 heterocycles. The second-order valence-electron chi connectivity index (χ2n) is 6.66. The zero-order valence-electron chi connectivity index (χ0n) is 13.0. The van der Waals surface area contributed by atoms with Gasteiger partial charge >= 0.3 is 0 Å². The molecule has 1 N–H and O–H groups in total. The molecule has 0 unspecified atom stereocenters. The van der Waals surface area contributed by atoms with E-state index < -0.39 is 0 Å². The highest BCUT2D eigenvalue weighted by atomic mass is 16.2. The molecular formula is C15H28N2O2. The van der Waals surface area contributed by atoms with Gasteiger partial charge in [-0.15, -0.1) is 0 Å². The number of rotatable bonds is 3. The molecule has 0 radical (unpaired) electrons. The third kappa shape index (κ3) is 4.51. The molecule has 1 aliphatic heterocycles. The van der Waals surface area contributed by atoms with Gasteiger partial charge in [-0.25, -0.2) is 0 Å². The summed E-state index contributed by atoms with van der Waals surface area (Å²) in [5, 5.41) is 3.02. The number of likely N-dealkylation sites (tertiary alicyclic amines) is 1. The minimum absolute atomic E-state index is 0.0472. The van der Waals surface area contributed by atoms with Crippen LogP contribution >= 0.6 is 0 Å². The minimum Gasteiger partial charge on any atom is -0.353 e. The van der Waals surface area contributed by atoms with Crippen molar-refractivity contribution in [3.05, 3.63) is 0 Å². The second-order valence-corrected chi connectivity index (χ2v) is 6.66. The molecule has 2 atom stereocenters. The van der Waals surface area contributed by atoms with Gasteiger partial charge in [0.2, 0.25) is 11.8 Å². The SMILES string of the molecule is CC[C@@H](C)NC(=O)[C@H]1CCCN(C(=O)C(C)(C)C)C1. The van der Waals surface area contributed by atoms with E-state index in [4.69, 9.17) is 0 Å². The van der Waals surface area contributed by atoms with Crippen molar-refractivity contribution >= 4 is 11.8 Å². The van der Waals surface area contributed by atoms with Crippen LogP contribution in [0.3, 0.4) is 0 Å². The summed E-state index contributed by atoms with van der Waals surface area (Å²) in [6.45, 7) is 11.2. The number of carbonyl (C=O) groups excluding carboxylic acids is 2. The molecule has 0 spiro atoms. The minimum atomic E-state index is -0.366. The summed E-state index contributed by atoms with van der Waals surface area (Å²) >= 11 is 0. The predicted octanol–water partition coefficient (Wildman–Crippen LogP) is 2.19. The highest BCUT2D eigenvalue weighted by molar-refractivity contribution is 5.84. The van der Waals surface area contributed by atoms with Gasteiger partial charge in [0.15, 0.2) is 0 Å². The van der Waals surface area contributed by atoms with Gasteiger partial charge in [0.1, 0.15) is 0 Å². The highest BCUT2D eigenvalue weighted by Crippen LogP contribution is 2.23. The lowest BCUT2D eigenvalue weighted by Crippen LogP contribution is -2.49. The van der Waals surface area contributed by atoms with Crippen molar-refractivity contribution in [3.63, 3.8) is 0 Å². The number of hydrogen-bond donors (Lipinski definition) is 1. The van der Waals surface area contributed by atoms with Crippen molar-refractivity contribution in [2.24, 2.45) is 11.3 Å². The van der Waals surface area contributed by atoms with Crippen LogP contribution < -0.4 is 5.32 Å². The average molecular weight is 268 g/mol. The first kappa shape index (κ1) is 16.0. The Morgan fingerprint density at radius 2 is 2.00 bits per heavy atom. The highest BCUT2D eigenvalue weighted by Gasteiger charge is 2.33. The van der Waals surface area contributed by atoms with Crippen LogP contribution in [-0.2, 0) is 9.59 Å². The van der Waals surface area contributed by atoms with Gasteiger partial charge in [-0.2, -0.15) is 0 Å². The van der Waals surface area contributed by atoms with Crippen LogP contribution in [0.5, 0.6) is 0 Å². The van der Waals surface area contributed by atoms with Crippen LogP contribution in [0.1, 0.15) is 53.9 Å². The Hall–Kier alpha value is -1.06. The molecule has 1 rings (SSSR count). The lowest BCUT2D eigenvalue weighted by molar-refractivity contribution is -0.142. The van der Waals surface area contributed by atoms with Crippen LogP contribution in [0.4, 0.5) is 0 Å². The van der Waals surface area contributed by atoms with E-state index in [9.17, 15) is 9.59 Å². The predicted molar refractivity (Wildman–Crippen MR) is 76.7 cm³/mol. The Balaban J connectivity index is 2.60. The zero-order valence-corrected chi connectivity index (χ0v) is 13.0. The lowest BCUT2D eigenvalue weighted by Gasteiger charge is -2.36. The van der Waals surface area contributed by atoms with E-state index in [1.807, 2.05) is 32.6 Å². The van der Waals surface area contributed by atoms with Crippen LogP contribution in [-0.4, -0.2) is 35.8 Å². The average Bonchev–Trinajstić information content (AvgIpc) is 2.36. The van der Waals surface area contributed by atoms with Crippen LogP contribution in [0.25, 0.3) is 0 Å². The van der Waals surface area contributed by atoms with E-state index in [-0.39, 0.29) is 29.2 Å². The Kier molecular flexibility index (Phi) is 5.39. The maximum atomic E-state index is 12.3. The molecule has 2 amide bonds. The molecule has 1 fully saturated rings. The standard InChI is InChI=1S/C15H28N2O2/c1-6-11(2)16-13(18)12-8-7-9-17(10-12)14(19)15(3,4)5/h11-12H,6-10H2,1-5H3,(H,16,18)/t11-,12+/m1/s1. The summed E-state index contributed by atoms with van der Waals surface area (Å²) in [6, 6.07) is 0.209. The third-order valence-corrected chi connectivity index (χ3v) is 3.72. The first-order valence-corrected chi connectivity index (χ1v) is 7.35. The molecule has 1 saturated heterocycles. The smallest absolute Gasteiger partial charge is 0.227 e. The number of hydrogen-bond acceptors (Lipinski definition) is 2. The van der Waals surface area contributed by atoms with E-state index >= 15 is 0 Å². The molecule has 0 bridgehead atoms. The summed E-state index contributed by atoms with van der Waals surface area (Å²) < 4.78 is 0. The molecule has 0 aromatic rings. The van der Waals surface area contributed by atoms with Crippen LogP contribution in [0.15, 0.2) is 0 Å². The zero-order chi connectivity index (χ0) is 14.6. The van der Waals surface area contributed by atoms with E-state index in [0.29, 0.717) is 6.54 Å². The quantitative estimate of drug-likeness (QED) is 0.853. The van der Waals surface area contributed by atoms with Gasteiger partial charge in [0.05, 0.1) is 5.92 Å². The summed E-state index contributed by atoms with van der Waals surface area (Å²) in [5.74, 6) is 0.198. The molecule has 0 aromatic carbocycles. The van der Waals surface area contributed by atoms with E-state index in [1.54, 1.807) is 0 Å². The fourth-order valence-corrected chi connectivity index (χ4v) is 2.31. The van der Waals surface area contributed by atoms with Crippen molar-refractivity contribution in [2.45, 2.75) is 59.9 Å². The molecule has 4 nitrogen and oxygen atoms in total. The summed E-state index contributed by atoms with van der Waals surface area (Å²) in [4.78, 5) is 26.2. The molecule has 0 aromatic heterocycles. The number of nitrogens with one attached hydrogen (secondary N) is 1. The first-order valence-electron chi connectivity index (χ1n) is 7.35. The normalized spacial score (nSPS) is 21.9. The molecule has 19 heavy (non-hydrogen) atoms. The molecule has 0 saturated carbocycles. The Morgan fingerprint density at radius 3 is 2.53 bits per heavy atom. The van der Waals surface area contributed by atoms with Crippen molar-refractivity contribution in [2.75, 3.05) is 13.1 Å². The van der Waals surface area contributed by atoms with E-state index in [1.165, 1.54) is 0 Å². The van der Waals surface area contributed by atoms with Crippen molar-refractivity contribution in [1.82, 2.24) is 10.2 Å². The molecular weight excluding hydrogens is 240 g/mol. The van der Waals surface area contributed by atoms with E-state index in [2.05, 4.69) is 12.2 Å². The first-order chi connectivity index (χ1) is 8.75. The summed E-state index contributed by atoms with van der Waals surface area (Å²) in [6.07, 6.45) is 2.74. The molecule has 1 aliphatic rings. The Labute approximate surface area is 116 Å².